The molecule has 2 aliphatic rings. The third-order valence-electron chi connectivity index (χ3n) is 5.06. The summed E-state index contributed by atoms with van der Waals surface area (Å²) in [5, 5.41) is 0. The lowest BCUT2D eigenvalue weighted by Crippen LogP contribution is -2.41. The van der Waals surface area contributed by atoms with Gasteiger partial charge in [-0.15, -0.1) is 0 Å². The third kappa shape index (κ3) is 2.72. The van der Waals surface area contributed by atoms with Crippen LogP contribution in [-0.4, -0.2) is 31.5 Å². The number of rotatable bonds is 4. The number of methoxy groups -OCH3 is 1. The highest BCUT2D eigenvalue weighted by molar-refractivity contribution is 6.62. The van der Waals surface area contributed by atoms with E-state index in [-0.39, 0.29) is 18.3 Å². The molecule has 0 amide bonds. The maximum atomic E-state index is 6.11. The predicted molar refractivity (Wildman–Crippen MR) is 87.0 cm³/mol. The summed E-state index contributed by atoms with van der Waals surface area (Å²) in [6.07, 6.45) is 3.78. The number of ether oxygens (including phenoxy) is 2. The van der Waals surface area contributed by atoms with Crippen molar-refractivity contribution in [2.75, 3.05) is 7.11 Å². The first-order chi connectivity index (χ1) is 10.3. The Bertz CT molecular complexity index is 536. The molecule has 5 heteroatoms. The van der Waals surface area contributed by atoms with Crippen LogP contribution in [-0.2, 0) is 9.31 Å². The van der Waals surface area contributed by atoms with E-state index < -0.39 is 0 Å². The predicted octanol–water partition coefficient (Wildman–Crippen LogP) is 2.93. The molecule has 1 heterocycles. The summed E-state index contributed by atoms with van der Waals surface area (Å²) >= 11 is 0. The first-order valence-electron chi connectivity index (χ1n) is 8.03. The zero-order valence-corrected chi connectivity index (χ0v) is 14.1. The monoisotopic (exact) mass is 304 g/mol. The SMILES string of the molecule is COc1ccc(B2OC(C)(C)C(C)(C)O2)cc1OC1CCC1. The van der Waals surface area contributed by atoms with Gasteiger partial charge >= 0.3 is 7.12 Å². The fourth-order valence-corrected chi connectivity index (χ4v) is 2.58. The van der Waals surface area contributed by atoms with Gasteiger partial charge in [-0.3, -0.25) is 0 Å². The van der Waals surface area contributed by atoms with E-state index in [9.17, 15) is 0 Å². The molecule has 0 bridgehead atoms. The van der Waals surface area contributed by atoms with E-state index in [2.05, 4.69) is 27.7 Å². The van der Waals surface area contributed by atoms with Crippen LogP contribution >= 0.6 is 0 Å². The van der Waals surface area contributed by atoms with Crippen LogP contribution in [0.1, 0.15) is 47.0 Å². The molecule has 1 aromatic carbocycles. The first-order valence-corrected chi connectivity index (χ1v) is 8.03. The lowest BCUT2D eigenvalue weighted by Gasteiger charge is -2.32. The summed E-state index contributed by atoms with van der Waals surface area (Å²) in [6, 6.07) is 5.89. The van der Waals surface area contributed by atoms with Crippen LogP contribution < -0.4 is 14.9 Å². The Labute approximate surface area is 133 Å². The summed E-state index contributed by atoms with van der Waals surface area (Å²) in [7, 11) is 1.29. The molecule has 0 aromatic heterocycles. The minimum absolute atomic E-state index is 0.308. The first kappa shape index (κ1) is 15.7. The van der Waals surface area contributed by atoms with E-state index >= 15 is 0 Å². The maximum Gasteiger partial charge on any atom is 0.494 e. The number of benzene rings is 1. The molecular weight excluding hydrogens is 279 g/mol. The molecule has 0 spiro atoms. The molecule has 0 N–H and O–H groups in total. The van der Waals surface area contributed by atoms with Gasteiger partial charge < -0.3 is 18.8 Å². The molecule has 1 saturated heterocycles. The van der Waals surface area contributed by atoms with Crippen molar-refractivity contribution in [2.24, 2.45) is 0 Å². The second-order valence-corrected chi connectivity index (χ2v) is 7.17. The van der Waals surface area contributed by atoms with Crippen LogP contribution in [0.5, 0.6) is 11.5 Å². The minimum atomic E-state index is -0.375. The molecule has 120 valence electrons. The Morgan fingerprint density at radius 2 is 1.68 bits per heavy atom. The van der Waals surface area contributed by atoms with E-state index in [0.717, 1.165) is 29.8 Å². The highest BCUT2D eigenvalue weighted by atomic mass is 16.7. The van der Waals surface area contributed by atoms with Crippen molar-refractivity contribution in [2.45, 2.75) is 64.3 Å². The molecule has 0 radical (unpaired) electrons. The van der Waals surface area contributed by atoms with Crippen molar-refractivity contribution in [1.82, 2.24) is 0 Å². The van der Waals surface area contributed by atoms with E-state index in [1.807, 2.05) is 18.2 Å². The molecule has 0 unspecified atom stereocenters. The average Bonchev–Trinajstić information content (AvgIpc) is 2.62. The minimum Gasteiger partial charge on any atom is -0.493 e. The van der Waals surface area contributed by atoms with Gasteiger partial charge in [0.1, 0.15) is 0 Å². The Hall–Kier alpha value is -1.20. The Balaban J connectivity index is 1.84. The fraction of sp³-hybridized carbons (Fsp3) is 0.647. The van der Waals surface area contributed by atoms with Crippen LogP contribution in [0.25, 0.3) is 0 Å². The quantitative estimate of drug-likeness (QED) is 0.802. The molecule has 1 aromatic rings. The van der Waals surface area contributed by atoms with Crippen molar-refractivity contribution >= 4 is 12.6 Å². The largest absolute Gasteiger partial charge is 0.494 e. The Morgan fingerprint density at radius 1 is 1.05 bits per heavy atom. The van der Waals surface area contributed by atoms with Crippen molar-refractivity contribution in [1.29, 1.82) is 0 Å². The van der Waals surface area contributed by atoms with Gasteiger partial charge in [-0.2, -0.15) is 0 Å². The summed E-state index contributed by atoms with van der Waals surface area (Å²) in [4.78, 5) is 0. The normalized spacial score (nSPS) is 23.2. The van der Waals surface area contributed by atoms with Crippen LogP contribution in [0.15, 0.2) is 18.2 Å². The molecule has 1 saturated carbocycles. The third-order valence-corrected chi connectivity index (χ3v) is 5.06. The van der Waals surface area contributed by atoms with E-state index in [0.29, 0.717) is 6.10 Å². The molecular formula is C17H25BO4. The lowest BCUT2D eigenvalue weighted by molar-refractivity contribution is 0.00578. The summed E-state index contributed by atoms with van der Waals surface area (Å²) < 4.78 is 23.7. The highest BCUT2D eigenvalue weighted by Gasteiger charge is 2.51. The van der Waals surface area contributed by atoms with Gasteiger partial charge in [0.05, 0.1) is 24.4 Å². The molecule has 22 heavy (non-hydrogen) atoms. The molecule has 1 aliphatic heterocycles. The fourth-order valence-electron chi connectivity index (χ4n) is 2.58. The Kier molecular flexibility index (Phi) is 3.90. The van der Waals surface area contributed by atoms with Crippen molar-refractivity contribution in [3.63, 3.8) is 0 Å². The number of hydrogen-bond donors (Lipinski definition) is 0. The van der Waals surface area contributed by atoms with Crippen molar-refractivity contribution in [3.05, 3.63) is 18.2 Å². The summed E-state index contributed by atoms with van der Waals surface area (Å²) in [6.45, 7) is 8.23. The lowest BCUT2D eigenvalue weighted by atomic mass is 9.79. The zero-order chi connectivity index (χ0) is 16.0. The molecule has 2 fully saturated rings. The van der Waals surface area contributed by atoms with Crippen molar-refractivity contribution < 1.29 is 18.8 Å². The standard InChI is InChI=1S/C17H25BO4/c1-16(2)17(3,4)22-18(21-16)12-9-10-14(19-5)15(11-12)20-13-7-6-8-13/h9-11,13H,6-8H2,1-5H3. The van der Waals surface area contributed by atoms with Gasteiger partial charge in [0.25, 0.3) is 0 Å². The smallest absolute Gasteiger partial charge is 0.493 e. The van der Waals surface area contributed by atoms with Crippen LogP contribution in [0.2, 0.25) is 0 Å². The van der Waals surface area contributed by atoms with Gasteiger partial charge in [-0.1, -0.05) is 6.07 Å². The van der Waals surface area contributed by atoms with E-state index in [1.165, 1.54) is 6.42 Å². The van der Waals surface area contributed by atoms with Crippen LogP contribution in [0.3, 0.4) is 0 Å². The van der Waals surface area contributed by atoms with E-state index in [1.54, 1.807) is 7.11 Å². The average molecular weight is 304 g/mol. The topological polar surface area (TPSA) is 36.9 Å². The highest BCUT2D eigenvalue weighted by Crippen LogP contribution is 2.37. The van der Waals surface area contributed by atoms with Gasteiger partial charge in [0.2, 0.25) is 0 Å². The zero-order valence-electron chi connectivity index (χ0n) is 14.1. The molecule has 4 nitrogen and oxygen atoms in total. The molecule has 3 rings (SSSR count). The van der Waals surface area contributed by atoms with Gasteiger partial charge in [-0.25, -0.2) is 0 Å². The van der Waals surface area contributed by atoms with Crippen molar-refractivity contribution in [3.8, 4) is 11.5 Å². The molecule has 0 atom stereocenters. The molecule has 1 aliphatic carbocycles. The maximum absolute atomic E-state index is 6.11. The number of hydrogen-bond acceptors (Lipinski definition) is 4. The van der Waals surface area contributed by atoms with E-state index in [4.69, 9.17) is 18.8 Å². The second kappa shape index (κ2) is 5.46. The summed E-state index contributed by atoms with van der Waals surface area (Å²) in [5.74, 6) is 1.53. The van der Waals surface area contributed by atoms with Gasteiger partial charge in [-0.05, 0) is 64.6 Å². The van der Waals surface area contributed by atoms with Crippen LogP contribution in [0.4, 0.5) is 0 Å². The second-order valence-electron chi connectivity index (χ2n) is 7.17. The Morgan fingerprint density at radius 3 is 2.18 bits per heavy atom. The van der Waals surface area contributed by atoms with Crippen LogP contribution in [0, 0.1) is 0 Å². The van der Waals surface area contributed by atoms with Gasteiger partial charge in [0.15, 0.2) is 11.5 Å². The summed E-state index contributed by atoms with van der Waals surface area (Å²) in [5.41, 5.74) is 0.285. The van der Waals surface area contributed by atoms with Gasteiger partial charge in [0, 0.05) is 0 Å².